The molecule has 2 aromatic heterocycles. The number of alkyl halides is 2. The Bertz CT molecular complexity index is 619. The third-order valence-electron chi connectivity index (χ3n) is 2.48. The molecule has 3 N–H and O–H groups in total. The van der Waals surface area contributed by atoms with Gasteiger partial charge in [-0.2, -0.15) is 19.0 Å². The number of nitrogens with zero attached hydrogens (tertiary/aromatic N) is 3. The van der Waals surface area contributed by atoms with E-state index in [4.69, 9.17) is 5.73 Å². The quantitative estimate of drug-likeness (QED) is 0.859. The number of H-pyrrole nitrogens is 1. The van der Waals surface area contributed by atoms with Gasteiger partial charge in [0, 0.05) is 18.8 Å². The Kier molecular flexibility index (Phi) is 3.19. The molecule has 0 bridgehead atoms. The summed E-state index contributed by atoms with van der Waals surface area (Å²) in [5.74, 6) is -0.815. The number of aryl methyl sites for hydroxylation is 2. The molecule has 0 unspecified atom stereocenters. The Hall–Kier alpha value is -2.45. The molecule has 0 aromatic carbocycles. The summed E-state index contributed by atoms with van der Waals surface area (Å²) in [5, 5.41) is 10.5. The van der Waals surface area contributed by atoms with Crippen LogP contribution in [0.5, 0.6) is 5.88 Å². The summed E-state index contributed by atoms with van der Waals surface area (Å²) in [7, 11) is 1.44. The van der Waals surface area contributed by atoms with Crippen molar-refractivity contribution in [3.63, 3.8) is 0 Å². The van der Waals surface area contributed by atoms with E-state index in [0.717, 1.165) is 4.68 Å². The summed E-state index contributed by atoms with van der Waals surface area (Å²) in [6, 6.07) is 1.26. The molecule has 0 saturated carbocycles. The lowest BCUT2D eigenvalue weighted by atomic mass is 10.1. The van der Waals surface area contributed by atoms with Crippen molar-refractivity contribution in [1.29, 1.82) is 0 Å². The van der Waals surface area contributed by atoms with E-state index in [2.05, 4.69) is 20.0 Å². The monoisotopic (exact) mass is 271 g/mol. The average molecular weight is 271 g/mol. The van der Waals surface area contributed by atoms with Crippen molar-refractivity contribution in [2.75, 3.05) is 0 Å². The molecule has 102 valence electrons. The zero-order valence-corrected chi connectivity index (χ0v) is 10.1. The van der Waals surface area contributed by atoms with Crippen LogP contribution in [0.4, 0.5) is 8.78 Å². The van der Waals surface area contributed by atoms with Crippen LogP contribution in [-0.4, -0.2) is 32.5 Å². The molecular weight excluding hydrogens is 260 g/mol. The smallest absolute Gasteiger partial charge is 0.388 e. The molecule has 0 atom stereocenters. The fraction of sp³-hybridized carbons (Fsp3) is 0.300. The topological polar surface area (TPSA) is 98.8 Å². The maximum atomic E-state index is 12.2. The third kappa shape index (κ3) is 2.39. The highest BCUT2D eigenvalue weighted by Crippen LogP contribution is 2.26. The van der Waals surface area contributed by atoms with Gasteiger partial charge >= 0.3 is 6.61 Å². The molecule has 2 rings (SSSR count). The van der Waals surface area contributed by atoms with Crippen LogP contribution in [0.1, 0.15) is 16.1 Å². The highest BCUT2D eigenvalue weighted by molar-refractivity contribution is 5.99. The minimum absolute atomic E-state index is 0.138. The molecule has 0 aliphatic rings. The number of nitrogens with two attached hydrogens (primary N) is 1. The molecule has 0 aliphatic heterocycles. The Balaban J connectivity index is 2.46. The predicted molar refractivity (Wildman–Crippen MR) is 60.7 cm³/mol. The summed E-state index contributed by atoms with van der Waals surface area (Å²) < 4.78 is 29.7. The highest BCUT2D eigenvalue weighted by atomic mass is 19.3. The van der Waals surface area contributed by atoms with E-state index in [-0.39, 0.29) is 22.8 Å². The number of carbonyl (C=O) groups is 1. The molecule has 9 heteroatoms. The van der Waals surface area contributed by atoms with Crippen LogP contribution >= 0.6 is 0 Å². The van der Waals surface area contributed by atoms with Gasteiger partial charge in [-0.05, 0) is 6.92 Å². The number of rotatable bonds is 4. The second kappa shape index (κ2) is 4.67. The van der Waals surface area contributed by atoms with Gasteiger partial charge in [0.1, 0.15) is 11.4 Å². The first-order chi connectivity index (χ1) is 8.90. The highest BCUT2D eigenvalue weighted by Gasteiger charge is 2.21. The second-order valence-corrected chi connectivity index (χ2v) is 3.81. The number of aromatic nitrogens is 4. The predicted octanol–water partition coefficient (Wildman–Crippen LogP) is 0.819. The number of nitrogens with one attached hydrogen (secondary N) is 1. The van der Waals surface area contributed by atoms with Crippen molar-refractivity contribution in [3.05, 3.63) is 17.3 Å². The second-order valence-electron chi connectivity index (χ2n) is 3.81. The lowest BCUT2D eigenvalue weighted by molar-refractivity contribution is -0.0553. The largest absolute Gasteiger partial charge is 0.417 e. The van der Waals surface area contributed by atoms with E-state index in [9.17, 15) is 13.6 Å². The molecule has 19 heavy (non-hydrogen) atoms. The van der Waals surface area contributed by atoms with Crippen LogP contribution in [-0.2, 0) is 7.05 Å². The molecule has 0 saturated heterocycles. The Morgan fingerprint density at radius 2 is 2.26 bits per heavy atom. The van der Waals surface area contributed by atoms with Crippen LogP contribution in [0.3, 0.4) is 0 Å². The number of carbonyl (C=O) groups excluding carboxylic acids is 1. The summed E-state index contributed by atoms with van der Waals surface area (Å²) in [4.78, 5) is 11.3. The van der Waals surface area contributed by atoms with Crippen molar-refractivity contribution < 1.29 is 18.3 Å². The van der Waals surface area contributed by atoms with Crippen LogP contribution in [0.25, 0.3) is 11.4 Å². The Morgan fingerprint density at radius 1 is 1.58 bits per heavy atom. The number of halogens is 2. The van der Waals surface area contributed by atoms with E-state index in [1.807, 2.05) is 0 Å². The number of hydrogen-bond acceptors (Lipinski definition) is 4. The number of amides is 1. The summed E-state index contributed by atoms with van der Waals surface area (Å²) in [6.45, 7) is -1.34. The summed E-state index contributed by atoms with van der Waals surface area (Å²) in [6.07, 6.45) is 0. The van der Waals surface area contributed by atoms with Gasteiger partial charge in [-0.15, -0.1) is 0 Å². The van der Waals surface area contributed by atoms with E-state index >= 15 is 0 Å². The minimum Gasteiger partial charge on any atom is -0.417 e. The standard InChI is InChI=1S/C10H11F2N5O2/c1-4-7(9(13)18)8(15-14-4)5-3-6(17(2)16-5)19-10(11)12/h3,10H,1-2H3,(H2,13,18)(H,14,15). The molecule has 0 spiro atoms. The summed E-state index contributed by atoms with van der Waals surface area (Å²) >= 11 is 0. The first-order valence-corrected chi connectivity index (χ1v) is 5.24. The van der Waals surface area contributed by atoms with Crippen molar-refractivity contribution in [3.8, 4) is 17.3 Å². The third-order valence-corrected chi connectivity index (χ3v) is 2.48. The number of hydrogen-bond donors (Lipinski definition) is 2. The van der Waals surface area contributed by atoms with Crippen molar-refractivity contribution in [1.82, 2.24) is 20.0 Å². The van der Waals surface area contributed by atoms with Gasteiger partial charge in [0.2, 0.25) is 5.88 Å². The van der Waals surface area contributed by atoms with Crippen molar-refractivity contribution >= 4 is 5.91 Å². The summed E-state index contributed by atoms with van der Waals surface area (Å²) in [5.41, 5.74) is 6.30. The number of ether oxygens (including phenoxy) is 1. The van der Waals surface area contributed by atoms with E-state index in [1.165, 1.54) is 13.1 Å². The number of aromatic amines is 1. The van der Waals surface area contributed by atoms with E-state index < -0.39 is 12.5 Å². The van der Waals surface area contributed by atoms with Gasteiger partial charge in [0.25, 0.3) is 5.91 Å². The lowest BCUT2D eigenvalue weighted by Crippen LogP contribution is -2.12. The van der Waals surface area contributed by atoms with Crippen LogP contribution in [0.15, 0.2) is 6.07 Å². The Morgan fingerprint density at radius 3 is 2.84 bits per heavy atom. The fourth-order valence-electron chi connectivity index (χ4n) is 1.68. The normalized spacial score (nSPS) is 11.0. The zero-order valence-electron chi connectivity index (χ0n) is 10.1. The molecule has 1 amide bonds. The minimum atomic E-state index is -2.96. The van der Waals surface area contributed by atoms with E-state index in [1.54, 1.807) is 6.92 Å². The molecule has 0 fully saturated rings. The Labute approximate surface area is 106 Å². The molecular formula is C10H11F2N5O2. The van der Waals surface area contributed by atoms with Crippen molar-refractivity contribution in [2.24, 2.45) is 12.8 Å². The average Bonchev–Trinajstić information content (AvgIpc) is 2.82. The molecule has 2 aromatic rings. The van der Waals surface area contributed by atoms with Crippen LogP contribution < -0.4 is 10.5 Å². The van der Waals surface area contributed by atoms with Gasteiger partial charge in [0.15, 0.2) is 0 Å². The fourth-order valence-corrected chi connectivity index (χ4v) is 1.68. The number of primary amides is 1. The van der Waals surface area contributed by atoms with Gasteiger partial charge < -0.3 is 10.5 Å². The van der Waals surface area contributed by atoms with Gasteiger partial charge in [-0.25, -0.2) is 4.68 Å². The van der Waals surface area contributed by atoms with Crippen molar-refractivity contribution in [2.45, 2.75) is 13.5 Å². The molecule has 2 heterocycles. The molecule has 0 radical (unpaired) electrons. The SMILES string of the molecule is Cc1[nH]nc(-c2cc(OC(F)F)n(C)n2)c1C(N)=O. The van der Waals surface area contributed by atoms with E-state index in [0.29, 0.717) is 5.69 Å². The molecule has 7 nitrogen and oxygen atoms in total. The van der Waals surface area contributed by atoms with Gasteiger partial charge in [0.05, 0.1) is 5.56 Å². The van der Waals surface area contributed by atoms with Gasteiger partial charge in [-0.1, -0.05) is 0 Å². The first kappa shape index (κ1) is 13.0. The molecule has 0 aliphatic carbocycles. The van der Waals surface area contributed by atoms with Gasteiger partial charge in [-0.3, -0.25) is 9.89 Å². The lowest BCUT2D eigenvalue weighted by Gasteiger charge is -2.01. The maximum Gasteiger partial charge on any atom is 0.388 e. The van der Waals surface area contributed by atoms with Crippen LogP contribution in [0, 0.1) is 6.92 Å². The zero-order chi connectivity index (χ0) is 14.2. The first-order valence-electron chi connectivity index (χ1n) is 5.24. The van der Waals surface area contributed by atoms with Crippen LogP contribution in [0.2, 0.25) is 0 Å². The maximum absolute atomic E-state index is 12.2.